The molecule has 1 rings (SSSR count). The summed E-state index contributed by atoms with van der Waals surface area (Å²) in [5, 5.41) is 2.94. The van der Waals surface area contributed by atoms with Crippen LogP contribution in [-0.2, 0) is 11.3 Å². The predicted molar refractivity (Wildman–Crippen MR) is 74.5 cm³/mol. The second-order valence-corrected chi connectivity index (χ2v) is 5.13. The maximum Gasteiger partial charge on any atom is 0.220 e. The van der Waals surface area contributed by atoms with Crippen LogP contribution in [0.2, 0.25) is 0 Å². The van der Waals surface area contributed by atoms with Crippen molar-refractivity contribution in [3.8, 4) is 0 Å². The maximum absolute atomic E-state index is 11.6. The van der Waals surface area contributed by atoms with Crippen LogP contribution in [0.1, 0.15) is 32.3 Å². The van der Waals surface area contributed by atoms with Crippen molar-refractivity contribution in [2.75, 3.05) is 19.0 Å². The first-order valence-electron chi connectivity index (χ1n) is 6.38. The highest BCUT2D eigenvalue weighted by Gasteiger charge is 2.04. The quantitative estimate of drug-likeness (QED) is 0.840. The van der Waals surface area contributed by atoms with Crippen LogP contribution in [0.5, 0.6) is 0 Å². The summed E-state index contributed by atoms with van der Waals surface area (Å²) >= 11 is 0. The lowest BCUT2D eigenvalue weighted by molar-refractivity contribution is -0.121. The summed E-state index contributed by atoms with van der Waals surface area (Å²) in [7, 11) is 3.90. The van der Waals surface area contributed by atoms with Crippen molar-refractivity contribution in [2.45, 2.75) is 33.2 Å². The van der Waals surface area contributed by atoms with Crippen molar-refractivity contribution < 1.29 is 4.79 Å². The predicted octanol–water partition coefficient (Wildman–Crippen LogP) is 2.20. The average Bonchev–Trinajstić information content (AvgIpc) is 2.34. The molecule has 0 spiro atoms. The van der Waals surface area contributed by atoms with Gasteiger partial charge >= 0.3 is 0 Å². The van der Waals surface area contributed by atoms with Gasteiger partial charge in [-0.25, -0.2) is 4.98 Å². The van der Waals surface area contributed by atoms with Crippen molar-refractivity contribution in [1.82, 2.24) is 10.3 Å². The topological polar surface area (TPSA) is 45.2 Å². The van der Waals surface area contributed by atoms with Crippen LogP contribution < -0.4 is 10.2 Å². The molecule has 1 aromatic rings. The lowest BCUT2D eigenvalue weighted by Gasteiger charge is -2.12. The van der Waals surface area contributed by atoms with E-state index < -0.39 is 0 Å². The minimum atomic E-state index is 0.118. The Hall–Kier alpha value is -1.58. The van der Waals surface area contributed by atoms with E-state index in [1.807, 2.05) is 31.1 Å². The van der Waals surface area contributed by atoms with Gasteiger partial charge in [0.15, 0.2) is 0 Å². The Bertz CT molecular complexity index is 388. The molecule has 0 unspecified atom stereocenters. The molecule has 0 radical (unpaired) electrons. The van der Waals surface area contributed by atoms with Crippen LogP contribution >= 0.6 is 0 Å². The summed E-state index contributed by atoms with van der Waals surface area (Å²) in [6.07, 6.45) is 3.30. The van der Waals surface area contributed by atoms with Gasteiger partial charge in [-0.05, 0) is 30.0 Å². The fourth-order valence-corrected chi connectivity index (χ4v) is 1.52. The number of amides is 1. The van der Waals surface area contributed by atoms with E-state index in [9.17, 15) is 4.79 Å². The van der Waals surface area contributed by atoms with Gasteiger partial charge < -0.3 is 10.2 Å². The third-order valence-electron chi connectivity index (χ3n) is 2.71. The van der Waals surface area contributed by atoms with Crippen LogP contribution in [0.3, 0.4) is 0 Å². The molecule has 0 saturated heterocycles. The zero-order valence-electron chi connectivity index (χ0n) is 11.7. The van der Waals surface area contributed by atoms with E-state index >= 15 is 0 Å². The zero-order valence-corrected chi connectivity index (χ0v) is 11.7. The van der Waals surface area contributed by atoms with Gasteiger partial charge in [-0.2, -0.15) is 0 Å². The first-order valence-corrected chi connectivity index (χ1v) is 6.38. The summed E-state index contributed by atoms with van der Waals surface area (Å²) in [4.78, 5) is 17.8. The Morgan fingerprint density at radius 2 is 2.17 bits per heavy atom. The van der Waals surface area contributed by atoms with Gasteiger partial charge in [-0.1, -0.05) is 13.8 Å². The summed E-state index contributed by atoms with van der Waals surface area (Å²) in [5.74, 6) is 1.59. The van der Waals surface area contributed by atoms with Crippen molar-refractivity contribution in [1.29, 1.82) is 0 Å². The maximum atomic E-state index is 11.6. The minimum Gasteiger partial charge on any atom is -0.363 e. The summed E-state index contributed by atoms with van der Waals surface area (Å²) in [6, 6.07) is 3.92. The molecule has 0 aliphatic rings. The lowest BCUT2D eigenvalue weighted by Crippen LogP contribution is -2.23. The SMILES string of the molecule is CC(C)CCC(=O)NCc1ccnc(N(C)C)c1. The van der Waals surface area contributed by atoms with E-state index in [0.29, 0.717) is 18.9 Å². The molecule has 4 heteroatoms. The van der Waals surface area contributed by atoms with Gasteiger partial charge in [0.05, 0.1) is 0 Å². The summed E-state index contributed by atoms with van der Waals surface area (Å²) < 4.78 is 0. The number of nitrogens with one attached hydrogen (secondary N) is 1. The fourth-order valence-electron chi connectivity index (χ4n) is 1.52. The minimum absolute atomic E-state index is 0.118. The lowest BCUT2D eigenvalue weighted by atomic mass is 10.1. The highest BCUT2D eigenvalue weighted by molar-refractivity contribution is 5.75. The number of anilines is 1. The number of rotatable bonds is 6. The molecule has 1 amide bonds. The van der Waals surface area contributed by atoms with Crippen LogP contribution in [0, 0.1) is 5.92 Å². The van der Waals surface area contributed by atoms with Crippen LogP contribution in [-0.4, -0.2) is 25.0 Å². The number of hydrogen-bond acceptors (Lipinski definition) is 3. The van der Waals surface area contributed by atoms with Gasteiger partial charge in [-0.15, -0.1) is 0 Å². The Balaban J connectivity index is 2.43. The van der Waals surface area contributed by atoms with Crippen LogP contribution in [0.15, 0.2) is 18.3 Å². The monoisotopic (exact) mass is 249 g/mol. The van der Waals surface area contributed by atoms with Gasteiger partial charge in [0.25, 0.3) is 0 Å². The zero-order chi connectivity index (χ0) is 13.5. The third kappa shape index (κ3) is 5.17. The molecule has 4 nitrogen and oxygen atoms in total. The van der Waals surface area contributed by atoms with Gasteiger partial charge in [0.2, 0.25) is 5.91 Å². The molecular formula is C14H23N3O. The number of aromatic nitrogens is 1. The average molecular weight is 249 g/mol. The smallest absolute Gasteiger partial charge is 0.220 e. The molecule has 100 valence electrons. The normalized spacial score (nSPS) is 10.5. The van der Waals surface area contributed by atoms with Crippen molar-refractivity contribution >= 4 is 11.7 Å². The van der Waals surface area contributed by atoms with Gasteiger partial charge in [0, 0.05) is 33.3 Å². The Labute approximate surface area is 109 Å². The van der Waals surface area contributed by atoms with Crippen molar-refractivity contribution in [2.24, 2.45) is 5.92 Å². The van der Waals surface area contributed by atoms with E-state index in [4.69, 9.17) is 0 Å². The molecule has 1 aromatic heterocycles. The molecule has 0 aliphatic carbocycles. The molecule has 0 saturated carbocycles. The molecule has 0 fully saturated rings. The highest BCUT2D eigenvalue weighted by Crippen LogP contribution is 2.09. The standard InChI is InChI=1S/C14H23N3O/c1-11(2)5-6-14(18)16-10-12-7-8-15-13(9-12)17(3)4/h7-9,11H,5-6,10H2,1-4H3,(H,16,18). The molecule has 1 N–H and O–H groups in total. The van der Waals surface area contributed by atoms with E-state index in [0.717, 1.165) is 17.8 Å². The second kappa shape index (κ2) is 6.99. The van der Waals surface area contributed by atoms with E-state index in [1.54, 1.807) is 6.20 Å². The van der Waals surface area contributed by atoms with E-state index in [1.165, 1.54) is 0 Å². The number of nitrogens with zero attached hydrogens (tertiary/aromatic N) is 2. The van der Waals surface area contributed by atoms with Crippen molar-refractivity contribution in [3.05, 3.63) is 23.9 Å². The van der Waals surface area contributed by atoms with Crippen molar-refractivity contribution in [3.63, 3.8) is 0 Å². The highest BCUT2D eigenvalue weighted by atomic mass is 16.1. The van der Waals surface area contributed by atoms with Gasteiger partial charge in [0.1, 0.15) is 5.82 Å². The molecule has 0 aliphatic heterocycles. The molecule has 18 heavy (non-hydrogen) atoms. The largest absolute Gasteiger partial charge is 0.363 e. The Morgan fingerprint density at radius 3 is 2.78 bits per heavy atom. The molecule has 0 aromatic carbocycles. The van der Waals surface area contributed by atoms with Crippen LogP contribution in [0.4, 0.5) is 5.82 Å². The molecule has 1 heterocycles. The summed E-state index contributed by atoms with van der Waals surface area (Å²) in [6.45, 7) is 4.82. The Morgan fingerprint density at radius 1 is 1.44 bits per heavy atom. The molecular weight excluding hydrogens is 226 g/mol. The first-order chi connectivity index (χ1) is 8.49. The number of carbonyl (C=O) groups is 1. The van der Waals surface area contributed by atoms with E-state index in [-0.39, 0.29) is 5.91 Å². The molecule has 0 atom stereocenters. The second-order valence-electron chi connectivity index (χ2n) is 5.13. The van der Waals surface area contributed by atoms with E-state index in [2.05, 4.69) is 24.1 Å². The van der Waals surface area contributed by atoms with Crippen LogP contribution in [0.25, 0.3) is 0 Å². The number of hydrogen-bond donors (Lipinski definition) is 1. The number of pyridine rings is 1. The third-order valence-corrected chi connectivity index (χ3v) is 2.71. The first kappa shape index (κ1) is 14.5. The number of carbonyl (C=O) groups excluding carboxylic acids is 1. The summed E-state index contributed by atoms with van der Waals surface area (Å²) in [5.41, 5.74) is 1.08. The Kier molecular flexibility index (Phi) is 5.62. The fraction of sp³-hybridized carbons (Fsp3) is 0.571. The molecule has 0 bridgehead atoms. The van der Waals surface area contributed by atoms with Gasteiger partial charge in [-0.3, -0.25) is 4.79 Å².